The fourth-order valence-corrected chi connectivity index (χ4v) is 2.56. The molecule has 0 bridgehead atoms. The van der Waals surface area contributed by atoms with Crippen LogP contribution in [-0.4, -0.2) is 36.9 Å². The molecule has 0 aliphatic rings. The topological polar surface area (TPSA) is 100 Å². The molecule has 0 saturated heterocycles. The maximum Gasteiger partial charge on any atom is 0.273 e. The molecule has 0 fully saturated rings. The maximum absolute atomic E-state index is 11.4. The highest BCUT2D eigenvalue weighted by Gasteiger charge is 2.23. The van der Waals surface area contributed by atoms with Crippen LogP contribution in [0.25, 0.3) is 0 Å². The van der Waals surface area contributed by atoms with Crippen LogP contribution in [0.5, 0.6) is 0 Å². The van der Waals surface area contributed by atoms with E-state index in [1.807, 2.05) is 20.8 Å². The number of ether oxygens (including phenoxy) is 1. The molecule has 0 saturated carbocycles. The average molecular weight is 276 g/mol. The van der Waals surface area contributed by atoms with E-state index in [1.165, 1.54) is 0 Å². The molecule has 7 nitrogen and oxygen atoms in total. The van der Waals surface area contributed by atoms with Crippen LogP contribution in [0.2, 0.25) is 0 Å². The largest absolute Gasteiger partial charge is 0.384 e. The summed E-state index contributed by atoms with van der Waals surface area (Å²) in [4.78, 5) is 0. The summed E-state index contributed by atoms with van der Waals surface area (Å²) in [5, 5.41) is 12.5. The van der Waals surface area contributed by atoms with E-state index in [-0.39, 0.29) is 17.1 Å². The van der Waals surface area contributed by atoms with Crippen LogP contribution >= 0.6 is 0 Å². The van der Waals surface area contributed by atoms with Crippen LogP contribution in [0, 0.1) is 5.92 Å². The standard InChI is InChI=1S/C10H20N4O3S/c1-7(2)14-9(5-8(3)6-17-4)12-13-10(14)18(11,15)16/h7-8H,5-6H2,1-4H3,(H2,11,15,16). The van der Waals surface area contributed by atoms with Gasteiger partial charge in [0.1, 0.15) is 5.82 Å². The molecule has 1 aromatic heterocycles. The highest BCUT2D eigenvalue weighted by Crippen LogP contribution is 2.17. The Labute approximate surface area is 107 Å². The van der Waals surface area contributed by atoms with Crippen molar-refractivity contribution >= 4 is 10.0 Å². The molecule has 2 N–H and O–H groups in total. The van der Waals surface area contributed by atoms with Gasteiger partial charge in [0.25, 0.3) is 15.2 Å². The minimum Gasteiger partial charge on any atom is -0.384 e. The molecule has 0 aliphatic heterocycles. The third kappa shape index (κ3) is 3.50. The molecule has 0 spiro atoms. The number of hydrogen-bond donors (Lipinski definition) is 1. The van der Waals surface area contributed by atoms with Crippen LogP contribution in [0.1, 0.15) is 32.6 Å². The van der Waals surface area contributed by atoms with Crippen molar-refractivity contribution in [1.82, 2.24) is 14.8 Å². The molecule has 0 amide bonds. The first kappa shape index (κ1) is 15.1. The molecular weight excluding hydrogens is 256 g/mol. The van der Waals surface area contributed by atoms with Gasteiger partial charge in [0.05, 0.1) is 0 Å². The lowest BCUT2D eigenvalue weighted by atomic mass is 10.1. The predicted molar refractivity (Wildman–Crippen MR) is 66.5 cm³/mol. The number of rotatable bonds is 6. The van der Waals surface area contributed by atoms with E-state index in [9.17, 15) is 8.42 Å². The van der Waals surface area contributed by atoms with Crippen LogP contribution in [0.4, 0.5) is 0 Å². The predicted octanol–water partition coefficient (Wildman–Crippen LogP) is 0.331. The molecule has 1 atom stereocenters. The summed E-state index contributed by atoms with van der Waals surface area (Å²) >= 11 is 0. The third-order valence-corrected chi connectivity index (χ3v) is 3.28. The number of nitrogens with two attached hydrogens (primary N) is 1. The molecule has 1 aromatic rings. The van der Waals surface area contributed by atoms with Gasteiger partial charge in [-0.25, -0.2) is 13.6 Å². The monoisotopic (exact) mass is 276 g/mol. The molecule has 0 aromatic carbocycles. The highest BCUT2D eigenvalue weighted by atomic mass is 32.2. The van der Waals surface area contributed by atoms with Crippen molar-refractivity contribution in [1.29, 1.82) is 0 Å². The van der Waals surface area contributed by atoms with E-state index >= 15 is 0 Å². The second-order valence-corrected chi connectivity index (χ2v) is 6.13. The second kappa shape index (κ2) is 5.77. The smallest absolute Gasteiger partial charge is 0.273 e. The minimum absolute atomic E-state index is 0.0712. The molecule has 104 valence electrons. The average Bonchev–Trinajstić information content (AvgIpc) is 2.61. The lowest BCUT2D eigenvalue weighted by molar-refractivity contribution is 0.158. The Balaban J connectivity index is 3.11. The van der Waals surface area contributed by atoms with Crippen molar-refractivity contribution in [2.24, 2.45) is 11.1 Å². The van der Waals surface area contributed by atoms with Crippen molar-refractivity contribution in [3.63, 3.8) is 0 Å². The summed E-state index contributed by atoms with van der Waals surface area (Å²) in [7, 11) is -2.22. The lowest BCUT2D eigenvalue weighted by Gasteiger charge is -2.15. The number of nitrogens with zero attached hydrogens (tertiary/aromatic N) is 3. The Hall–Kier alpha value is -0.990. The zero-order chi connectivity index (χ0) is 13.9. The zero-order valence-electron chi connectivity index (χ0n) is 11.1. The van der Waals surface area contributed by atoms with E-state index in [4.69, 9.17) is 9.88 Å². The van der Waals surface area contributed by atoms with E-state index in [2.05, 4.69) is 10.2 Å². The van der Waals surface area contributed by atoms with Gasteiger partial charge >= 0.3 is 0 Å². The van der Waals surface area contributed by atoms with Gasteiger partial charge in [-0.3, -0.25) is 4.57 Å². The lowest BCUT2D eigenvalue weighted by Crippen LogP contribution is -2.21. The molecule has 1 unspecified atom stereocenters. The van der Waals surface area contributed by atoms with Gasteiger partial charge in [-0.05, 0) is 19.8 Å². The van der Waals surface area contributed by atoms with Gasteiger partial charge < -0.3 is 4.74 Å². The molecule has 18 heavy (non-hydrogen) atoms. The van der Waals surface area contributed by atoms with E-state index in [1.54, 1.807) is 11.7 Å². The quantitative estimate of drug-likeness (QED) is 0.807. The summed E-state index contributed by atoms with van der Waals surface area (Å²) in [6, 6.07) is -0.0712. The van der Waals surface area contributed by atoms with Gasteiger partial charge in [0.15, 0.2) is 0 Å². The Morgan fingerprint density at radius 3 is 2.39 bits per heavy atom. The highest BCUT2D eigenvalue weighted by molar-refractivity contribution is 7.89. The van der Waals surface area contributed by atoms with Gasteiger partial charge in [-0.1, -0.05) is 6.92 Å². The minimum atomic E-state index is -3.85. The molecule has 0 aliphatic carbocycles. The summed E-state index contributed by atoms with van der Waals surface area (Å²) in [6.45, 7) is 6.31. The fraction of sp³-hybridized carbons (Fsp3) is 0.800. The van der Waals surface area contributed by atoms with E-state index < -0.39 is 10.0 Å². The Bertz CT molecular complexity index is 495. The first-order chi connectivity index (χ1) is 8.27. The van der Waals surface area contributed by atoms with Crippen LogP contribution < -0.4 is 5.14 Å². The van der Waals surface area contributed by atoms with Crippen LogP contribution in [0.3, 0.4) is 0 Å². The van der Waals surface area contributed by atoms with Gasteiger partial charge in [-0.2, -0.15) is 0 Å². The molecular formula is C10H20N4O3S. The van der Waals surface area contributed by atoms with Crippen molar-refractivity contribution in [2.75, 3.05) is 13.7 Å². The second-order valence-electron chi connectivity index (χ2n) is 4.67. The fourth-order valence-electron chi connectivity index (χ4n) is 1.81. The number of methoxy groups -OCH3 is 1. The third-order valence-electron chi connectivity index (χ3n) is 2.49. The molecule has 8 heteroatoms. The zero-order valence-corrected chi connectivity index (χ0v) is 11.9. The van der Waals surface area contributed by atoms with E-state index in [0.717, 1.165) is 0 Å². The van der Waals surface area contributed by atoms with E-state index in [0.29, 0.717) is 18.9 Å². The maximum atomic E-state index is 11.4. The van der Waals surface area contributed by atoms with Gasteiger partial charge in [0, 0.05) is 26.2 Å². The molecule has 1 rings (SSSR count). The number of aromatic nitrogens is 3. The normalized spacial score (nSPS) is 14.1. The number of sulfonamides is 1. The van der Waals surface area contributed by atoms with Gasteiger partial charge in [-0.15, -0.1) is 10.2 Å². The first-order valence-corrected chi connectivity index (χ1v) is 7.27. The first-order valence-electron chi connectivity index (χ1n) is 5.72. The van der Waals surface area contributed by atoms with Crippen molar-refractivity contribution < 1.29 is 13.2 Å². The van der Waals surface area contributed by atoms with Crippen molar-refractivity contribution in [3.05, 3.63) is 5.82 Å². The Morgan fingerprint density at radius 1 is 1.33 bits per heavy atom. The van der Waals surface area contributed by atoms with Crippen LogP contribution in [0.15, 0.2) is 5.16 Å². The summed E-state index contributed by atoms with van der Waals surface area (Å²) in [5.74, 6) is 0.837. The molecule has 0 radical (unpaired) electrons. The SMILES string of the molecule is COCC(C)Cc1nnc(S(N)(=O)=O)n1C(C)C. The molecule has 1 heterocycles. The Kier molecular flexibility index (Phi) is 4.83. The van der Waals surface area contributed by atoms with Crippen molar-refractivity contribution in [2.45, 2.75) is 38.4 Å². The Morgan fingerprint density at radius 2 is 1.94 bits per heavy atom. The summed E-state index contributed by atoms with van der Waals surface area (Å²) in [6.07, 6.45) is 0.592. The summed E-state index contributed by atoms with van der Waals surface area (Å²) < 4.78 is 29.4. The van der Waals surface area contributed by atoms with Crippen LogP contribution in [-0.2, 0) is 21.2 Å². The van der Waals surface area contributed by atoms with Crippen molar-refractivity contribution in [3.8, 4) is 0 Å². The summed E-state index contributed by atoms with van der Waals surface area (Å²) in [5.41, 5.74) is 0. The number of primary sulfonamides is 1. The van der Waals surface area contributed by atoms with Gasteiger partial charge in [0.2, 0.25) is 0 Å². The number of hydrogen-bond acceptors (Lipinski definition) is 5.